The van der Waals surface area contributed by atoms with Gasteiger partial charge in [0.2, 0.25) is 0 Å². The molecule has 1 aromatic heterocycles. The molecular formula is C26H27ClFNO4. The molecule has 0 unspecified atom stereocenters. The van der Waals surface area contributed by atoms with Crippen LogP contribution in [0.2, 0.25) is 5.02 Å². The maximum Gasteiger partial charge on any atom is 0.289 e. The van der Waals surface area contributed by atoms with Gasteiger partial charge in [-0.2, -0.15) is 0 Å². The fourth-order valence-corrected chi connectivity index (χ4v) is 4.40. The quantitative estimate of drug-likeness (QED) is 0.492. The van der Waals surface area contributed by atoms with Gasteiger partial charge in [-0.1, -0.05) is 25.4 Å². The number of amides is 1. The van der Waals surface area contributed by atoms with E-state index in [1.54, 1.807) is 29.2 Å². The van der Waals surface area contributed by atoms with Crippen LogP contribution in [0.4, 0.5) is 4.39 Å². The lowest BCUT2D eigenvalue weighted by Crippen LogP contribution is -2.59. The second-order valence-corrected chi connectivity index (χ2v) is 9.37. The molecule has 0 bridgehead atoms. The van der Waals surface area contributed by atoms with E-state index in [9.17, 15) is 14.3 Å². The van der Waals surface area contributed by atoms with Gasteiger partial charge in [-0.3, -0.25) is 4.79 Å². The second-order valence-electron chi connectivity index (χ2n) is 8.93. The molecule has 0 radical (unpaired) electrons. The van der Waals surface area contributed by atoms with Crippen molar-refractivity contribution < 1.29 is 23.4 Å². The van der Waals surface area contributed by atoms with Crippen LogP contribution in [-0.4, -0.2) is 40.7 Å². The molecule has 3 aromatic rings. The number of hydrogen-bond acceptors (Lipinski definition) is 4. The van der Waals surface area contributed by atoms with Gasteiger partial charge < -0.3 is 19.2 Å². The lowest BCUT2D eigenvalue weighted by atomic mass is 9.81. The Morgan fingerprint density at radius 2 is 1.88 bits per heavy atom. The van der Waals surface area contributed by atoms with Crippen LogP contribution in [-0.2, 0) is 0 Å². The van der Waals surface area contributed by atoms with E-state index in [-0.39, 0.29) is 29.9 Å². The summed E-state index contributed by atoms with van der Waals surface area (Å²) in [6.07, 6.45) is 0.240. The molecule has 1 fully saturated rings. The molecule has 0 spiro atoms. The zero-order valence-electron chi connectivity index (χ0n) is 18.6. The summed E-state index contributed by atoms with van der Waals surface area (Å²) in [6.45, 7) is 4.63. The first-order valence-corrected chi connectivity index (χ1v) is 11.4. The van der Waals surface area contributed by atoms with Crippen molar-refractivity contribution in [3.05, 3.63) is 77.3 Å². The van der Waals surface area contributed by atoms with E-state index in [1.165, 1.54) is 24.3 Å². The SMILES string of the molecule is CC(C)C[C@]1(O)CCN(C(=O)c2ccc(-c3ccc(Cl)cc3)o2)C[C@@H]1Oc1ccc(F)cc1. The van der Waals surface area contributed by atoms with Gasteiger partial charge in [-0.25, -0.2) is 4.39 Å². The average molecular weight is 472 g/mol. The number of rotatable bonds is 6. The maximum absolute atomic E-state index is 13.3. The van der Waals surface area contributed by atoms with E-state index in [1.807, 2.05) is 26.0 Å². The molecule has 5 nitrogen and oxygen atoms in total. The zero-order valence-corrected chi connectivity index (χ0v) is 19.4. The number of nitrogens with zero attached hydrogens (tertiary/aromatic N) is 1. The molecule has 2 heterocycles. The van der Waals surface area contributed by atoms with Crippen LogP contribution in [0.3, 0.4) is 0 Å². The third kappa shape index (κ3) is 5.40. The van der Waals surface area contributed by atoms with Crippen molar-refractivity contribution in [2.75, 3.05) is 13.1 Å². The molecule has 1 N–H and O–H groups in total. The number of benzene rings is 2. The van der Waals surface area contributed by atoms with Crippen LogP contribution in [0.25, 0.3) is 11.3 Å². The number of halogens is 2. The lowest BCUT2D eigenvalue weighted by Gasteiger charge is -2.44. The van der Waals surface area contributed by atoms with Gasteiger partial charge in [0.1, 0.15) is 29.0 Å². The smallest absolute Gasteiger partial charge is 0.289 e. The van der Waals surface area contributed by atoms with Crippen LogP contribution in [0.1, 0.15) is 37.2 Å². The van der Waals surface area contributed by atoms with Crippen LogP contribution in [0, 0.1) is 11.7 Å². The summed E-state index contributed by atoms with van der Waals surface area (Å²) in [6, 6.07) is 16.3. The number of aliphatic hydroxyl groups is 1. The normalized spacial score (nSPS) is 20.8. The van der Waals surface area contributed by atoms with Crippen molar-refractivity contribution in [2.24, 2.45) is 5.92 Å². The minimum atomic E-state index is -1.10. The number of piperidine rings is 1. The third-order valence-corrected chi connectivity index (χ3v) is 6.14. The molecule has 1 aliphatic rings. The topological polar surface area (TPSA) is 62.9 Å². The predicted octanol–water partition coefficient (Wildman–Crippen LogP) is 5.81. The number of likely N-dealkylation sites (tertiary alicyclic amines) is 1. The Balaban J connectivity index is 1.53. The zero-order chi connectivity index (χ0) is 23.6. The van der Waals surface area contributed by atoms with Crippen molar-refractivity contribution in [3.63, 3.8) is 0 Å². The highest BCUT2D eigenvalue weighted by atomic mass is 35.5. The fourth-order valence-electron chi connectivity index (χ4n) is 4.28. The van der Waals surface area contributed by atoms with Crippen molar-refractivity contribution in [1.29, 1.82) is 0 Å². The number of carbonyl (C=O) groups excluding carboxylic acids is 1. The molecule has 1 amide bonds. The Morgan fingerprint density at radius 1 is 1.18 bits per heavy atom. The minimum Gasteiger partial charge on any atom is -0.486 e. The van der Waals surface area contributed by atoms with E-state index < -0.39 is 11.7 Å². The minimum absolute atomic E-state index is 0.191. The van der Waals surface area contributed by atoms with E-state index in [4.69, 9.17) is 20.8 Å². The molecule has 1 saturated heterocycles. The Kier molecular flexibility index (Phi) is 6.77. The van der Waals surface area contributed by atoms with Crippen LogP contribution < -0.4 is 4.74 Å². The first-order valence-electron chi connectivity index (χ1n) is 11.0. The number of furan rings is 1. The van der Waals surface area contributed by atoms with Crippen LogP contribution in [0.15, 0.2) is 65.1 Å². The van der Waals surface area contributed by atoms with Gasteiger partial charge >= 0.3 is 0 Å². The molecule has 7 heteroatoms. The molecule has 33 heavy (non-hydrogen) atoms. The van der Waals surface area contributed by atoms with E-state index in [0.29, 0.717) is 35.9 Å². The summed E-state index contributed by atoms with van der Waals surface area (Å²) in [4.78, 5) is 14.8. The molecule has 0 saturated carbocycles. The van der Waals surface area contributed by atoms with E-state index in [2.05, 4.69) is 0 Å². The molecular weight excluding hydrogens is 445 g/mol. The summed E-state index contributed by atoms with van der Waals surface area (Å²) in [5.41, 5.74) is -0.280. The maximum atomic E-state index is 13.3. The summed E-state index contributed by atoms with van der Waals surface area (Å²) in [5.74, 6) is 0.839. The van der Waals surface area contributed by atoms with Gasteiger partial charge in [0.15, 0.2) is 5.76 Å². The summed E-state index contributed by atoms with van der Waals surface area (Å²) in [7, 11) is 0. The third-order valence-electron chi connectivity index (χ3n) is 5.89. The number of carbonyl (C=O) groups is 1. The average Bonchev–Trinajstić information content (AvgIpc) is 3.26. The van der Waals surface area contributed by atoms with Gasteiger partial charge in [0.05, 0.1) is 6.54 Å². The van der Waals surface area contributed by atoms with Crippen molar-refractivity contribution in [3.8, 4) is 17.1 Å². The van der Waals surface area contributed by atoms with Crippen molar-refractivity contribution in [2.45, 2.75) is 38.4 Å². The van der Waals surface area contributed by atoms with Crippen molar-refractivity contribution >= 4 is 17.5 Å². The second kappa shape index (κ2) is 9.57. The Morgan fingerprint density at radius 3 is 2.55 bits per heavy atom. The highest BCUT2D eigenvalue weighted by molar-refractivity contribution is 6.30. The summed E-state index contributed by atoms with van der Waals surface area (Å²) in [5, 5.41) is 12.0. The largest absolute Gasteiger partial charge is 0.486 e. The monoisotopic (exact) mass is 471 g/mol. The summed E-state index contributed by atoms with van der Waals surface area (Å²) >= 11 is 5.95. The van der Waals surface area contributed by atoms with Crippen LogP contribution in [0.5, 0.6) is 5.75 Å². The summed E-state index contributed by atoms with van der Waals surface area (Å²) < 4.78 is 25.2. The number of ether oxygens (including phenoxy) is 1. The molecule has 2 aromatic carbocycles. The fraction of sp³-hybridized carbons (Fsp3) is 0.346. The molecule has 4 rings (SSSR count). The van der Waals surface area contributed by atoms with Gasteiger partial charge in [0, 0.05) is 17.1 Å². The Hall–Kier alpha value is -2.83. The van der Waals surface area contributed by atoms with E-state index >= 15 is 0 Å². The van der Waals surface area contributed by atoms with E-state index in [0.717, 1.165) is 5.56 Å². The van der Waals surface area contributed by atoms with Gasteiger partial charge in [-0.05, 0) is 79.4 Å². The van der Waals surface area contributed by atoms with Gasteiger partial charge in [0.25, 0.3) is 5.91 Å². The Bertz CT molecular complexity index is 1100. The molecule has 2 atom stereocenters. The Labute approximate surface area is 197 Å². The molecule has 0 aliphatic carbocycles. The lowest BCUT2D eigenvalue weighted by molar-refractivity contribution is -0.111. The molecule has 174 valence electrons. The highest BCUT2D eigenvalue weighted by Gasteiger charge is 2.45. The highest BCUT2D eigenvalue weighted by Crippen LogP contribution is 2.33. The first-order chi connectivity index (χ1) is 15.7. The van der Waals surface area contributed by atoms with Crippen LogP contribution >= 0.6 is 11.6 Å². The number of hydrogen-bond donors (Lipinski definition) is 1. The first kappa shape index (κ1) is 23.3. The molecule has 1 aliphatic heterocycles. The van der Waals surface area contributed by atoms with Crippen molar-refractivity contribution in [1.82, 2.24) is 4.90 Å². The van der Waals surface area contributed by atoms with Gasteiger partial charge in [-0.15, -0.1) is 0 Å². The predicted molar refractivity (Wildman–Crippen MR) is 125 cm³/mol. The standard InChI is InChI=1S/C26H27ClFNO4/c1-17(2)15-26(31)13-14-29(16-24(26)32-21-9-7-20(28)8-10-21)25(30)23-12-11-22(33-23)18-3-5-19(27)6-4-18/h3-12,17,24,31H,13-16H2,1-2H3/t24-,26+/m0/s1.